The van der Waals surface area contributed by atoms with Gasteiger partial charge in [-0.1, -0.05) is 67.1 Å². The van der Waals surface area contributed by atoms with E-state index in [9.17, 15) is 19.2 Å². The zero-order valence-electron chi connectivity index (χ0n) is 31.6. The number of likely N-dealkylation sites (tertiary alicyclic amines) is 1. The van der Waals surface area contributed by atoms with Crippen LogP contribution in [0.15, 0.2) is 67.0 Å². The predicted octanol–water partition coefficient (Wildman–Crippen LogP) is 4.34. The quantitative estimate of drug-likeness (QED) is 0.116. The number of nitrogens with zero attached hydrogens (tertiary/aromatic N) is 5. The second-order valence-corrected chi connectivity index (χ2v) is 14.1. The first-order valence-corrected chi connectivity index (χ1v) is 18.9. The van der Waals surface area contributed by atoms with E-state index >= 15 is 0 Å². The van der Waals surface area contributed by atoms with Gasteiger partial charge in [-0.25, -0.2) is 19.7 Å². The number of carbonyl (C=O) groups is 4. The van der Waals surface area contributed by atoms with Crippen LogP contribution in [0.4, 0.5) is 10.6 Å². The maximum absolute atomic E-state index is 12.9. The van der Waals surface area contributed by atoms with E-state index in [1.807, 2.05) is 36.4 Å². The molecule has 1 saturated heterocycles. The summed E-state index contributed by atoms with van der Waals surface area (Å²) < 4.78 is 18.6. The number of fused-ring (bicyclic) bond motifs is 1. The Labute approximate surface area is 320 Å². The van der Waals surface area contributed by atoms with Crippen LogP contribution in [0.2, 0.25) is 0 Å². The van der Waals surface area contributed by atoms with Crippen molar-refractivity contribution in [3.63, 3.8) is 0 Å². The van der Waals surface area contributed by atoms with Crippen LogP contribution >= 0.6 is 0 Å². The fourth-order valence-corrected chi connectivity index (χ4v) is 7.55. The van der Waals surface area contributed by atoms with Gasteiger partial charge in [0.2, 0.25) is 0 Å². The van der Waals surface area contributed by atoms with Crippen molar-refractivity contribution in [3.8, 4) is 0 Å². The van der Waals surface area contributed by atoms with Crippen LogP contribution in [0.3, 0.4) is 0 Å². The summed E-state index contributed by atoms with van der Waals surface area (Å²) in [4.78, 5) is 66.2. The Hall–Kier alpha value is -5.57. The number of anilines is 1. The molecule has 2 amide bonds. The largest absolute Gasteiger partial charge is 0.465 e. The zero-order valence-corrected chi connectivity index (χ0v) is 31.6. The molecule has 0 radical (unpaired) electrons. The lowest BCUT2D eigenvalue weighted by atomic mass is 9.91. The molecule has 0 spiro atoms. The molecule has 2 aromatic heterocycles. The molecule has 55 heavy (non-hydrogen) atoms. The lowest BCUT2D eigenvalue weighted by Gasteiger charge is -2.26. The second-order valence-electron chi connectivity index (χ2n) is 14.1. The third-order valence-electron chi connectivity index (χ3n) is 10.1. The van der Waals surface area contributed by atoms with Gasteiger partial charge in [0.1, 0.15) is 11.6 Å². The molecule has 0 unspecified atom stereocenters. The average molecular weight is 755 g/mol. The van der Waals surface area contributed by atoms with E-state index in [2.05, 4.69) is 45.1 Å². The molecule has 292 valence electrons. The van der Waals surface area contributed by atoms with E-state index in [0.717, 1.165) is 30.8 Å². The summed E-state index contributed by atoms with van der Waals surface area (Å²) in [5, 5.41) is 9.37. The highest BCUT2D eigenvalue weighted by molar-refractivity contribution is 5.83. The predicted molar refractivity (Wildman–Crippen MR) is 204 cm³/mol. The molecule has 15 heteroatoms. The van der Waals surface area contributed by atoms with Crippen molar-refractivity contribution in [1.82, 2.24) is 35.1 Å². The minimum Gasteiger partial charge on any atom is -0.465 e. The van der Waals surface area contributed by atoms with Gasteiger partial charge in [0.05, 0.1) is 25.5 Å². The standard InChI is InChI=1S/C40H50N8O7/c1-26(49)53-24-31-21-33(37(55-28(3)51)36(31)54-27(2)50)48-25-44-35-38(42-22-32(29-13-7-4-8-14-29)30-15-9-5-10-16-30)45-34(46-39(35)48)23-43-40(52)41-17-20-47-18-11-6-12-19-47/h4-5,7-10,13-16,25,31-33,36-37H,6,11-12,17-24H2,1-3H3,(H2,41,43,52)(H,42,45,46)/t31-,33-,36-,37+/m1/s1. The SMILES string of the molecule is CC(=O)OC[C@H]1C[C@@H](n2cnc3c(NCC(c4ccccc4)c4ccccc4)nc(CNC(=O)NCCN4CCCCC4)nc32)[C@H](OC(C)=O)[C@@H]1OC(C)=O. The first kappa shape index (κ1) is 39.1. The summed E-state index contributed by atoms with van der Waals surface area (Å²) in [6.45, 7) is 7.70. The maximum Gasteiger partial charge on any atom is 0.315 e. The van der Waals surface area contributed by atoms with Gasteiger partial charge < -0.3 is 39.6 Å². The number of nitrogens with one attached hydrogen (secondary N) is 3. The summed E-state index contributed by atoms with van der Waals surface area (Å²) in [7, 11) is 0. The van der Waals surface area contributed by atoms with E-state index in [-0.39, 0.29) is 25.1 Å². The number of hydrogen-bond acceptors (Lipinski definition) is 12. The Morgan fingerprint density at radius 2 is 1.47 bits per heavy atom. The molecule has 2 aliphatic rings. The normalized spacial score (nSPS) is 19.9. The van der Waals surface area contributed by atoms with Gasteiger partial charge in [0.15, 0.2) is 23.4 Å². The van der Waals surface area contributed by atoms with Crippen molar-refractivity contribution in [2.45, 2.75) is 77.2 Å². The molecule has 4 aromatic rings. The van der Waals surface area contributed by atoms with Gasteiger partial charge in [-0.3, -0.25) is 14.4 Å². The molecule has 3 N–H and O–H groups in total. The second kappa shape index (κ2) is 18.7. The van der Waals surface area contributed by atoms with Crippen LogP contribution in [0.5, 0.6) is 0 Å². The van der Waals surface area contributed by atoms with Crippen LogP contribution in [-0.4, -0.2) is 99.9 Å². The molecule has 0 bridgehead atoms. The highest BCUT2D eigenvalue weighted by Gasteiger charge is 2.49. The van der Waals surface area contributed by atoms with E-state index in [1.165, 1.54) is 40.0 Å². The van der Waals surface area contributed by atoms with Crippen LogP contribution in [0.25, 0.3) is 11.2 Å². The lowest BCUT2D eigenvalue weighted by Crippen LogP contribution is -2.41. The third kappa shape index (κ3) is 10.4. The Morgan fingerprint density at radius 1 is 0.818 bits per heavy atom. The fourth-order valence-electron chi connectivity index (χ4n) is 7.55. The van der Waals surface area contributed by atoms with E-state index in [1.54, 1.807) is 10.9 Å². The Morgan fingerprint density at radius 3 is 2.11 bits per heavy atom. The molecule has 4 atom stereocenters. The number of urea groups is 1. The van der Waals surface area contributed by atoms with Crippen LogP contribution < -0.4 is 16.0 Å². The third-order valence-corrected chi connectivity index (χ3v) is 10.1. The number of ether oxygens (including phenoxy) is 3. The van der Waals surface area contributed by atoms with Crippen molar-refractivity contribution in [2.24, 2.45) is 5.92 Å². The highest BCUT2D eigenvalue weighted by Crippen LogP contribution is 2.41. The highest BCUT2D eigenvalue weighted by atomic mass is 16.6. The molecule has 1 aliphatic heterocycles. The number of aromatic nitrogens is 4. The summed E-state index contributed by atoms with van der Waals surface area (Å²) in [6.07, 6.45) is 3.69. The number of carbonyl (C=O) groups excluding carboxylic acids is 4. The number of piperidine rings is 1. The van der Waals surface area contributed by atoms with E-state index < -0.39 is 42.1 Å². The van der Waals surface area contributed by atoms with E-state index in [4.69, 9.17) is 29.2 Å². The van der Waals surface area contributed by atoms with Crippen LogP contribution in [0, 0.1) is 5.92 Å². The molecule has 15 nitrogen and oxygen atoms in total. The van der Waals surface area contributed by atoms with Crippen molar-refractivity contribution in [3.05, 3.63) is 83.9 Å². The summed E-state index contributed by atoms with van der Waals surface area (Å²) >= 11 is 0. The number of esters is 3. The minimum atomic E-state index is -0.932. The first-order chi connectivity index (χ1) is 26.7. The molecule has 3 heterocycles. The van der Waals surface area contributed by atoms with E-state index in [0.29, 0.717) is 42.3 Å². The topological polar surface area (TPSA) is 179 Å². The van der Waals surface area contributed by atoms with Crippen molar-refractivity contribution < 1.29 is 33.4 Å². The molecule has 1 saturated carbocycles. The number of hydrogen-bond donors (Lipinski definition) is 3. The van der Waals surface area contributed by atoms with Gasteiger partial charge in [0.25, 0.3) is 0 Å². The summed E-state index contributed by atoms with van der Waals surface area (Å²) in [5.41, 5.74) is 3.12. The van der Waals surface area contributed by atoms with Crippen molar-refractivity contribution in [1.29, 1.82) is 0 Å². The minimum absolute atomic E-state index is 0.0232. The van der Waals surface area contributed by atoms with Gasteiger partial charge in [-0.15, -0.1) is 0 Å². The Kier molecular flexibility index (Phi) is 13.3. The Bertz CT molecular complexity index is 1880. The van der Waals surface area contributed by atoms with Gasteiger partial charge in [0, 0.05) is 52.2 Å². The maximum atomic E-state index is 12.9. The number of benzene rings is 2. The zero-order chi connectivity index (χ0) is 38.7. The number of imidazole rings is 1. The molecule has 2 fully saturated rings. The number of amides is 2. The fraction of sp³-hybridized carbons (Fsp3) is 0.475. The lowest BCUT2D eigenvalue weighted by molar-refractivity contribution is -0.168. The molecular weight excluding hydrogens is 704 g/mol. The number of rotatable bonds is 15. The monoisotopic (exact) mass is 754 g/mol. The van der Waals surface area contributed by atoms with Gasteiger partial charge in [-0.05, 0) is 43.5 Å². The van der Waals surface area contributed by atoms with Crippen molar-refractivity contribution >= 4 is 40.9 Å². The van der Waals surface area contributed by atoms with Gasteiger partial charge >= 0.3 is 23.9 Å². The average Bonchev–Trinajstić information content (AvgIpc) is 3.74. The van der Waals surface area contributed by atoms with Crippen molar-refractivity contribution in [2.75, 3.05) is 44.6 Å². The summed E-state index contributed by atoms with van der Waals surface area (Å²) in [5.74, 6) is -1.34. The summed E-state index contributed by atoms with van der Waals surface area (Å²) in [6, 6.07) is 19.4. The molecule has 1 aliphatic carbocycles. The Balaban J connectivity index is 1.31. The molecule has 6 rings (SSSR count). The van der Waals surface area contributed by atoms with Crippen LogP contribution in [0.1, 0.15) is 75.4 Å². The molecule has 2 aromatic carbocycles. The van der Waals surface area contributed by atoms with Crippen LogP contribution in [-0.2, 0) is 35.1 Å². The van der Waals surface area contributed by atoms with Gasteiger partial charge in [-0.2, -0.15) is 0 Å². The first-order valence-electron chi connectivity index (χ1n) is 18.9. The smallest absolute Gasteiger partial charge is 0.315 e. The molecular formula is C40H50N8O7.